The van der Waals surface area contributed by atoms with Crippen LogP contribution in [0.25, 0.3) is 0 Å². The SMILES string of the molecule is CCCCCCCCCCCCCCCCCCCCCCOCC(COP(=O)(O)OCC[N+](C)(C)C)OC(=O)CCCCCCCCCCCCCCCCCCCCCC. The molecule has 8 nitrogen and oxygen atoms in total. The zero-order chi connectivity index (χ0) is 45.5. The van der Waals surface area contributed by atoms with Crippen LogP contribution < -0.4 is 0 Å². The number of ether oxygens (including phenoxy) is 2. The molecule has 0 aromatic carbocycles. The first-order chi connectivity index (χ1) is 30.1. The number of nitrogens with zero attached hydrogens (tertiary/aromatic N) is 1. The highest BCUT2D eigenvalue weighted by Crippen LogP contribution is 2.43. The minimum Gasteiger partial charge on any atom is -0.457 e. The van der Waals surface area contributed by atoms with E-state index in [1.807, 2.05) is 21.1 Å². The van der Waals surface area contributed by atoms with Crippen molar-refractivity contribution >= 4 is 13.8 Å². The van der Waals surface area contributed by atoms with Crippen molar-refractivity contribution in [2.24, 2.45) is 0 Å². The van der Waals surface area contributed by atoms with Gasteiger partial charge in [-0.2, -0.15) is 0 Å². The third-order valence-electron chi connectivity index (χ3n) is 12.4. The molecule has 0 bridgehead atoms. The predicted octanol–water partition coefficient (Wildman–Crippen LogP) is 16.8. The number of phosphoric ester groups is 1. The quantitative estimate of drug-likeness (QED) is 0.0281. The van der Waals surface area contributed by atoms with Gasteiger partial charge in [0, 0.05) is 13.0 Å². The van der Waals surface area contributed by atoms with Crippen LogP contribution in [0.5, 0.6) is 0 Å². The Morgan fingerprint density at radius 1 is 0.435 bits per heavy atom. The van der Waals surface area contributed by atoms with E-state index in [0.29, 0.717) is 24.1 Å². The standard InChI is InChI=1S/C53H108NO7P/c1-6-8-10-12-14-16-18-20-22-24-26-28-30-32-34-36-38-40-42-44-46-53(55)61-52(51-60-62(56,57)59-49-47-54(3,4)5)50-58-48-45-43-41-39-37-35-33-31-29-27-25-23-21-19-17-15-13-11-9-7-2/h52H,6-51H2,1-5H3/p+1. The summed E-state index contributed by atoms with van der Waals surface area (Å²) in [7, 11) is 1.69. The van der Waals surface area contributed by atoms with Crippen LogP contribution in [0.3, 0.4) is 0 Å². The van der Waals surface area contributed by atoms with Crippen molar-refractivity contribution in [1.29, 1.82) is 0 Å². The normalized spacial score (nSPS) is 13.5. The van der Waals surface area contributed by atoms with E-state index in [1.54, 1.807) is 0 Å². The first kappa shape index (κ1) is 61.5. The highest BCUT2D eigenvalue weighted by Gasteiger charge is 2.26. The molecule has 0 radical (unpaired) electrons. The molecule has 2 atom stereocenters. The number of unbranched alkanes of at least 4 members (excludes halogenated alkanes) is 38. The summed E-state index contributed by atoms with van der Waals surface area (Å²) in [5.74, 6) is -0.304. The summed E-state index contributed by atoms with van der Waals surface area (Å²) in [5.41, 5.74) is 0. The molecule has 0 saturated heterocycles. The van der Waals surface area contributed by atoms with Gasteiger partial charge in [0.2, 0.25) is 0 Å². The fraction of sp³-hybridized carbons (Fsp3) is 0.981. The van der Waals surface area contributed by atoms with Gasteiger partial charge < -0.3 is 18.9 Å². The van der Waals surface area contributed by atoms with Gasteiger partial charge >= 0.3 is 13.8 Å². The molecule has 0 aromatic heterocycles. The van der Waals surface area contributed by atoms with Gasteiger partial charge in [0.1, 0.15) is 19.3 Å². The van der Waals surface area contributed by atoms with E-state index in [9.17, 15) is 14.3 Å². The molecule has 0 amide bonds. The summed E-state index contributed by atoms with van der Waals surface area (Å²) in [6.45, 7) is 5.71. The number of quaternary nitrogens is 1. The molecule has 0 saturated carbocycles. The van der Waals surface area contributed by atoms with E-state index in [4.69, 9.17) is 18.5 Å². The van der Waals surface area contributed by atoms with Crippen LogP contribution in [0.15, 0.2) is 0 Å². The number of carbonyl (C=O) groups is 1. The molecule has 0 aliphatic heterocycles. The van der Waals surface area contributed by atoms with Gasteiger partial charge in [-0.3, -0.25) is 13.8 Å². The molecule has 0 aliphatic rings. The molecule has 0 fully saturated rings. The Hall–Kier alpha value is -0.500. The Balaban J connectivity index is 4.05. The Morgan fingerprint density at radius 3 is 1.06 bits per heavy atom. The van der Waals surface area contributed by atoms with E-state index in [1.165, 1.54) is 225 Å². The van der Waals surface area contributed by atoms with Crippen LogP contribution in [0.4, 0.5) is 0 Å². The van der Waals surface area contributed by atoms with Crippen LogP contribution in [-0.4, -0.2) is 75.6 Å². The third kappa shape index (κ3) is 50.5. The van der Waals surface area contributed by atoms with Gasteiger partial charge in [-0.05, 0) is 12.8 Å². The largest absolute Gasteiger partial charge is 0.472 e. The van der Waals surface area contributed by atoms with E-state index >= 15 is 0 Å². The van der Waals surface area contributed by atoms with E-state index in [2.05, 4.69) is 13.8 Å². The minimum atomic E-state index is -4.27. The minimum absolute atomic E-state index is 0.0944. The molecule has 1 N–H and O–H groups in total. The van der Waals surface area contributed by atoms with Gasteiger partial charge in [0.05, 0.1) is 34.4 Å². The van der Waals surface area contributed by atoms with Crippen molar-refractivity contribution in [2.45, 2.75) is 283 Å². The van der Waals surface area contributed by atoms with Gasteiger partial charge in [0.25, 0.3) is 0 Å². The van der Waals surface area contributed by atoms with Crippen LogP contribution in [0, 0.1) is 0 Å². The summed E-state index contributed by atoms with van der Waals surface area (Å²) in [4.78, 5) is 23.0. The van der Waals surface area contributed by atoms with Crippen molar-refractivity contribution in [2.75, 3.05) is 54.1 Å². The van der Waals surface area contributed by atoms with Crippen molar-refractivity contribution in [3.8, 4) is 0 Å². The van der Waals surface area contributed by atoms with Crippen LogP contribution in [0.2, 0.25) is 0 Å². The first-order valence-electron chi connectivity index (χ1n) is 27.3. The Labute approximate surface area is 387 Å². The summed E-state index contributed by atoms with van der Waals surface area (Å²) in [6, 6.07) is 0. The third-order valence-corrected chi connectivity index (χ3v) is 13.4. The van der Waals surface area contributed by atoms with E-state index in [-0.39, 0.29) is 25.8 Å². The van der Waals surface area contributed by atoms with Crippen molar-refractivity contribution in [3.63, 3.8) is 0 Å². The lowest BCUT2D eigenvalue weighted by Crippen LogP contribution is -2.37. The molecule has 0 aromatic rings. The Morgan fingerprint density at radius 2 is 0.742 bits per heavy atom. The molecular weight excluding hydrogens is 794 g/mol. The number of esters is 1. The topological polar surface area (TPSA) is 91.3 Å². The first-order valence-corrected chi connectivity index (χ1v) is 28.8. The lowest BCUT2D eigenvalue weighted by atomic mass is 10.0. The van der Waals surface area contributed by atoms with Gasteiger partial charge in [-0.1, -0.05) is 258 Å². The zero-order valence-electron chi connectivity index (χ0n) is 42.4. The zero-order valence-corrected chi connectivity index (χ0v) is 43.3. The molecule has 372 valence electrons. The summed E-state index contributed by atoms with van der Waals surface area (Å²) in [6.07, 6.45) is 52.9. The lowest BCUT2D eigenvalue weighted by molar-refractivity contribution is -0.870. The maximum atomic E-state index is 12.8. The predicted molar refractivity (Wildman–Crippen MR) is 266 cm³/mol. The van der Waals surface area contributed by atoms with Crippen molar-refractivity contribution in [1.82, 2.24) is 0 Å². The van der Waals surface area contributed by atoms with Crippen LogP contribution >= 0.6 is 7.82 Å². The second-order valence-corrected chi connectivity index (χ2v) is 21.4. The van der Waals surface area contributed by atoms with Crippen LogP contribution in [0.1, 0.15) is 277 Å². The van der Waals surface area contributed by atoms with Gasteiger partial charge in [0.15, 0.2) is 0 Å². The average Bonchev–Trinajstić information content (AvgIpc) is 3.23. The fourth-order valence-electron chi connectivity index (χ4n) is 8.20. The fourth-order valence-corrected chi connectivity index (χ4v) is 8.95. The molecule has 9 heteroatoms. The molecule has 62 heavy (non-hydrogen) atoms. The second kappa shape index (κ2) is 47.0. The molecule has 0 spiro atoms. The van der Waals surface area contributed by atoms with Gasteiger partial charge in [-0.15, -0.1) is 0 Å². The maximum absolute atomic E-state index is 12.8. The average molecular weight is 903 g/mol. The summed E-state index contributed by atoms with van der Waals surface area (Å²) < 4.78 is 35.2. The maximum Gasteiger partial charge on any atom is 0.472 e. The monoisotopic (exact) mass is 903 g/mol. The van der Waals surface area contributed by atoms with Crippen LogP contribution in [-0.2, 0) is 27.9 Å². The number of hydrogen-bond donors (Lipinski definition) is 1. The number of likely N-dealkylation sites (N-methyl/N-ethyl adjacent to an activating group) is 1. The smallest absolute Gasteiger partial charge is 0.457 e. The number of phosphoric acid groups is 1. The number of carbonyl (C=O) groups excluding carboxylic acids is 1. The molecule has 0 rings (SSSR count). The highest BCUT2D eigenvalue weighted by molar-refractivity contribution is 7.47. The molecular formula is C53H109NO7P+. The lowest BCUT2D eigenvalue weighted by Gasteiger charge is -2.24. The number of hydrogen-bond acceptors (Lipinski definition) is 6. The van der Waals surface area contributed by atoms with E-state index < -0.39 is 13.9 Å². The molecule has 0 heterocycles. The highest BCUT2D eigenvalue weighted by atomic mass is 31.2. The summed E-state index contributed by atoms with van der Waals surface area (Å²) in [5, 5.41) is 0. The Bertz CT molecular complexity index is 961. The molecule has 0 aliphatic carbocycles. The molecule has 2 unspecified atom stereocenters. The summed E-state index contributed by atoms with van der Waals surface area (Å²) >= 11 is 0. The van der Waals surface area contributed by atoms with E-state index in [0.717, 1.165) is 32.1 Å². The second-order valence-electron chi connectivity index (χ2n) is 20.0. The van der Waals surface area contributed by atoms with Gasteiger partial charge in [-0.25, -0.2) is 4.57 Å². The number of rotatable bonds is 52. The van der Waals surface area contributed by atoms with Crippen molar-refractivity contribution in [3.05, 3.63) is 0 Å². The van der Waals surface area contributed by atoms with Crippen molar-refractivity contribution < 1.29 is 37.3 Å². The Kier molecular flexibility index (Phi) is 46.6.